The maximum absolute atomic E-state index is 12.3. The number of nitrogens with zero attached hydrogens (tertiary/aromatic N) is 2. The van der Waals surface area contributed by atoms with Gasteiger partial charge in [0.1, 0.15) is 5.75 Å². The highest BCUT2D eigenvalue weighted by Gasteiger charge is 2.20. The van der Waals surface area contributed by atoms with E-state index in [1.165, 1.54) is 0 Å². The molecule has 0 saturated carbocycles. The minimum Gasteiger partial charge on any atom is -0.492 e. The number of hydrogen-bond donors (Lipinski definition) is 1. The van der Waals surface area contributed by atoms with Gasteiger partial charge in [-0.3, -0.25) is 0 Å². The maximum Gasteiger partial charge on any atom is 0.321 e. The van der Waals surface area contributed by atoms with E-state index in [1.807, 2.05) is 6.92 Å². The van der Waals surface area contributed by atoms with Gasteiger partial charge in [0.05, 0.1) is 30.0 Å². The van der Waals surface area contributed by atoms with Crippen LogP contribution in [0, 0.1) is 11.3 Å². The molecule has 0 radical (unpaired) electrons. The molecule has 0 bridgehead atoms. The van der Waals surface area contributed by atoms with Gasteiger partial charge in [-0.1, -0.05) is 0 Å². The molecule has 22 heavy (non-hydrogen) atoms. The Morgan fingerprint density at radius 1 is 1.59 bits per heavy atom. The first-order valence-electron chi connectivity index (χ1n) is 7.44. The summed E-state index contributed by atoms with van der Waals surface area (Å²) in [5.74, 6) is 0.556. The van der Waals surface area contributed by atoms with Crippen LogP contribution in [0.5, 0.6) is 5.75 Å². The van der Waals surface area contributed by atoms with Crippen molar-refractivity contribution in [2.24, 2.45) is 0 Å². The molecular weight excluding hydrogens is 282 g/mol. The minimum absolute atomic E-state index is 0.104. The number of nitriles is 1. The van der Waals surface area contributed by atoms with E-state index in [4.69, 9.17) is 14.7 Å². The van der Waals surface area contributed by atoms with Gasteiger partial charge in [0.25, 0.3) is 0 Å². The van der Waals surface area contributed by atoms with Gasteiger partial charge >= 0.3 is 6.03 Å². The summed E-state index contributed by atoms with van der Waals surface area (Å²) >= 11 is 0. The highest BCUT2D eigenvalue weighted by molar-refractivity contribution is 5.91. The zero-order valence-electron chi connectivity index (χ0n) is 13.0. The molecule has 1 saturated heterocycles. The summed E-state index contributed by atoms with van der Waals surface area (Å²) in [6, 6.07) is 6.78. The van der Waals surface area contributed by atoms with E-state index >= 15 is 0 Å². The van der Waals surface area contributed by atoms with Gasteiger partial charge in [-0.05, 0) is 38.0 Å². The summed E-state index contributed by atoms with van der Waals surface area (Å²) in [6.07, 6.45) is 2.12. The van der Waals surface area contributed by atoms with Crippen LogP contribution >= 0.6 is 0 Å². The van der Waals surface area contributed by atoms with Crippen LogP contribution in [0.2, 0.25) is 0 Å². The molecule has 0 aromatic heterocycles. The number of hydrogen-bond acceptors (Lipinski definition) is 4. The number of amides is 2. The summed E-state index contributed by atoms with van der Waals surface area (Å²) in [5.41, 5.74) is 0.977. The van der Waals surface area contributed by atoms with Gasteiger partial charge in [-0.25, -0.2) is 4.79 Å². The minimum atomic E-state index is -0.244. The van der Waals surface area contributed by atoms with Crippen molar-refractivity contribution < 1.29 is 14.3 Å². The number of urea groups is 1. The van der Waals surface area contributed by atoms with Crippen molar-refractivity contribution in [2.45, 2.75) is 25.9 Å². The third kappa shape index (κ3) is 4.12. The van der Waals surface area contributed by atoms with Crippen molar-refractivity contribution in [3.8, 4) is 11.8 Å². The standard InChI is InChI=1S/C16H21N3O3/c1-3-21-15-7-6-12(10-17)9-14(15)18-16(20)19(2)11-13-5-4-8-22-13/h6-7,9,13H,3-5,8,11H2,1-2H3,(H,18,20)/t13-/m1/s1. The Kier molecular flexibility index (Phi) is 5.61. The van der Waals surface area contributed by atoms with Crippen molar-refractivity contribution in [2.75, 3.05) is 32.1 Å². The van der Waals surface area contributed by atoms with Crippen molar-refractivity contribution in [1.82, 2.24) is 4.90 Å². The second-order valence-corrected chi connectivity index (χ2v) is 5.20. The average molecular weight is 303 g/mol. The number of rotatable bonds is 5. The molecule has 6 heteroatoms. The third-order valence-electron chi connectivity index (χ3n) is 3.50. The number of carbonyl (C=O) groups is 1. The topological polar surface area (TPSA) is 74.6 Å². The molecule has 0 spiro atoms. The maximum atomic E-state index is 12.3. The molecule has 6 nitrogen and oxygen atoms in total. The van der Waals surface area contributed by atoms with Crippen LogP contribution in [-0.4, -0.2) is 43.8 Å². The molecule has 1 aromatic rings. The number of carbonyl (C=O) groups excluding carboxylic acids is 1. The van der Waals surface area contributed by atoms with E-state index in [0.29, 0.717) is 30.2 Å². The second kappa shape index (κ2) is 7.66. The average Bonchev–Trinajstić information content (AvgIpc) is 3.02. The van der Waals surface area contributed by atoms with Crippen molar-refractivity contribution in [1.29, 1.82) is 5.26 Å². The molecule has 1 atom stereocenters. The van der Waals surface area contributed by atoms with Gasteiger partial charge in [0, 0.05) is 20.2 Å². The second-order valence-electron chi connectivity index (χ2n) is 5.20. The Labute approximate surface area is 130 Å². The summed E-state index contributed by atoms with van der Waals surface area (Å²) in [5, 5.41) is 11.8. The SMILES string of the molecule is CCOc1ccc(C#N)cc1NC(=O)N(C)C[C@H]1CCCO1. The summed E-state index contributed by atoms with van der Waals surface area (Å²) in [7, 11) is 1.73. The predicted molar refractivity (Wildman–Crippen MR) is 82.9 cm³/mol. The summed E-state index contributed by atoms with van der Waals surface area (Å²) in [6.45, 7) is 3.67. The first kappa shape index (κ1) is 16.1. The number of benzene rings is 1. The summed E-state index contributed by atoms with van der Waals surface area (Å²) < 4.78 is 11.0. The highest BCUT2D eigenvalue weighted by Crippen LogP contribution is 2.26. The van der Waals surface area contributed by atoms with Gasteiger partial charge in [0.15, 0.2) is 0 Å². The fourth-order valence-corrected chi connectivity index (χ4v) is 2.37. The Morgan fingerprint density at radius 3 is 3.05 bits per heavy atom. The van der Waals surface area contributed by atoms with Crippen LogP contribution in [0.25, 0.3) is 0 Å². The smallest absolute Gasteiger partial charge is 0.321 e. The lowest BCUT2D eigenvalue weighted by atomic mass is 10.2. The van der Waals surface area contributed by atoms with Gasteiger partial charge in [-0.2, -0.15) is 5.26 Å². The van der Waals surface area contributed by atoms with E-state index in [2.05, 4.69) is 11.4 Å². The third-order valence-corrected chi connectivity index (χ3v) is 3.50. The Hall–Kier alpha value is -2.26. The van der Waals surface area contributed by atoms with E-state index in [0.717, 1.165) is 19.4 Å². The number of nitrogens with one attached hydrogen (secondary N) is 1. The van der Waals surface area contributed by atoms with Crippen LogP contribution in [0.15, 0.2) is 18.2 Å². The quantitative estimate of drug-likeness (QED) is 0.907. The van der Waals surface area contributed by atoms with Gasteiger partial charge in [-0.15, -0.1) is 0 Å². The van der Waals surface area contributed by atoms with Crippen LogP contribution in [0.4, 0.5) is 10.5 Å². The molecule has 2 rings (SSSR count). The predicted octanol–water partition coefficient (Wildman–Crippen LogP) is 2.60. The van der Waals surface area contributed by atoms with E-state index in [9.17, 15) is 4.79 Å². The van der Waals surface area contributed by atoms with Crippen molar-refractivity contribution in [3.63, 3.8) is 0 Å². The number of ether oxygens (including phenoxy) is 2. The van der Waals surface area contributed by atoms with Gasteiger partial charge in [0.2, 0.25) is 0 Å². The highest BCUT2D eigenvalue weighted by atomic mass is 16.5. The lowest BCUT2D eigenvalue weighted by molar-refractivity contribution is 0.0894. The Bertz CT molecular complexity index is 562. The molecule has 1 aliphatic rings. The van der Waals surface area contributed by atoms with Gasteiger partial charge < -0.3 is 19.7 Å². The van der Waals surface area contributed by atoms with Crippen LogP contribution in [0.3, 0.4) is 0 Å². The molecule has 1 aromatic carbocycles. The molecule has 1 heterocycles. The van der Waals surface area contributed by atoms with Crippen LogP contribution in [0.1, 0.15) is 25.3 Å². The van der Waals surface area contributed by atoms with Crippen molar-refractivity contribution in [3.05, 3.63) is 23.8 Å². The summed E-state index contributed by atoms with van der Waals surface area (Å²) in [4.78, 5) is 13.9. The lowest BCUT2D eigenvalue weighted by Gasteiger charge is -2.22. The van der Waals surface area contributed by atoms with E-state index < -0.39 is 0 Å². The van der Waals surface area contributed by atoms with E-state index in [-0.39, 0.29) is 12.1 Å². The molecule has 118 valence electrons. The fraction of sp³-hybridized carbons (Fsp3) is 0.500. The molecular formula is C16H21N3O3. The normalized spacial score (nSPS) is 16.9. The molecule has 2 amide bonds. The van der Waals surface area contributed by atoms with Crippen LogP contribution in [-0.2, 0) is 4.74 Å². The van der Waals surface area contributed by atoms with E-state index in [1.54, 1.807) is 30.1 Å². The molecule has 0 aliphatic carbocycles. The zero-order chi connectivity index (χ0) is 15.9. The molecule has 1 aliphatic heterocycles. The Balaban J connectivity index is 2.04. The molecule has 1 N–H and O–H groups in total. The van der Waals surface area contributed by atoms with Crippen LogP contribution < -0.4 is 10.1 Å². The van der Waals surface area contributed by atoms with Crippen molar-refractivity contribution >= 4 is 11.7 Å². The molecule has 0 unspecified atom stereocenters. The Morgan fingerprint density at radius 2 is 2.41 bits per heavy atom. The first-order valence-corrected chi connectivity index (χ1v) is 7.44. The largest absolute Gasteiger partial charge is 0.492 e. The molecule has 1 fully saturated rings. The zero-order valence-corrected chi connectivity index (χ0v) is 13.0. The number of likely N-dealkylation sites (N-methyl/N-ethyl adjacent to an activating group) is 1. The first-order chi connectivity index (χ1) is 10.6. The number of anilines is 1. The fourth-order valence-electron chi connectivity index (χ4n) is 2.37. The lowest BCUT2D eigenvalue weighted by Crippen LogP contribution is -2.37. The monoisotopic (exact) mass is 303 g/mol.